The van der Waals surface area contributed by atoms with Crippen molar-refractivity contribution in [3.8, 4) is 11.5 Å². The Kier molecular flexibility index (Phi) is 6.02. The molecule has 2 amide bonds. The Morgan fingerprint density at radius 2 is 2.03 bits per heavy atom. The molecule has 2 aromatic rings. The molecule has 2 aromatic carbocycles. The Morgan fingerprint density at radius 3 is 2.63 bits per heavy atom. The van der Waals surface area contributed by atoms with E-state index in [9.17, 15) is 18.0 Å². The van der Waals surface area contributed by atoms with Gasteiger partial charge >= 0.3 is 0 Å². The van der Waals surface area contributed by atoms with Gasteiger partial charge in [-0.25, -0.2) is 8.42 Å². The highest BCUT2D eigenvalue weighted by molar-refractivity contribution is 7.90. The summed E-state index contributed by atoms with van der Waals surface area (Å²) in [6.07, 6.45) is 1.08. The number of fused-ring (bicyclic) bond motifs is 1. The second-order valence-electron chi connectivity index (χ2n) is 6.97. The Labute approximate surface area is 175 Å². The molecule has 1 aliphatic rings. The van der Waals surface area contributed by atoms with Gasteiger partial charge in [0, 0.05) is 6.26 Å². The van der Waals surface area contributed by atoms with Crippen LogP contribution in [0, 0.1) is 6.07 Å². The fraction of sp³-hybridized carbons (Fsp3) is 0.333. The van der Waals surface area contributed by atoms with E-state index < -0.39 is 39.5 Å². The number of carbonyl (C=O) groups excluding carboxylic acids is 2. The Morgan fingerprint density at radius 1 is 1.30 bits per heavy atom. The second kappa shape index (κ2) is 8.35. The highest BCUT2D eigenvalue weighted by Gasteiger charge is 2.45. The SMILES string of the molecule is CCOc1cc([C@@H](CS(C)(=O)=O)N2C(=O)c3[c]cccc3C2C(N)=O)ccc1OC. The highest BCUT2D eigenvalue weighted by Crippen LogP contribution is 2.41. The number of nitrogens with zero attached hydrogens (tertiary/aromatic N) is 1. The molecule has 3 rings (SSSR count). The lowest BCUT2D eigenvalue weighted by molar-refractivity contribution is -0.123. The van der Waals surface area contributed by atoms with Crippen LogP contribution >= 0.6 is 0 Å². The molecule has 2 atom stereocenters. The summed E-state index contributed by atoms with van der Waals surface area (Å²) in [5.74, 6) is -0.776. The zero-order valence-corrected chi connectivity index (χ0v) is 17.7. The molecule has 0 aromatic heterocycles. The first-order valence-corrected chi connectivity index (χ1v) is 11.3. The van der Waals surface area contributed by atoms with E-state index in [2.05, 4.69) is 6.07 Å². The number of primary amides is 1. The first kappa shape index (κ1) is 21.6. The first-order valence-electron chi connectivity index (χ1n) is 9.29. The normalized spacial score (nSPS) is 16.8. The van der Waals surface area contributed by atoms with Gasteiger partial charge in [-0.3, -0.25) is 9.59 Å². The van der Waals surface area contributed by atoms with Crippen LogP contribution in [-0.4, -0.2) is 50.9 Å². The fourth-order valence-electron chi connectivity index (χ4n) is 3.66. The van der Waals surface area contributed by atoms with E-state index in [4.69, 9.17) is 15.2 Å². The number of rotatable bonds is 8. The average Bonchev–Trinajstić information content (AvgIpc) is 2.98. The number of benzene rings is 2. The highest BCUT2D eigenvalue weighted by atomic mass is 32.2. The second-order valence-corrected chi connectivity index (χ2v) is 9.15. The van der Waals surface area contributed by atoms with Crippen LogP contribution in [0.5, 0.6) is 11.5 Å². The molecular formula is C21H23N2O6S. The minimum absolute atomic E-state index is 0.207. The van der Waals surface area contributed by atoms with Gasteiger partial charge in [-0.2, -0.15) is 0 Å². The van der Waals surface area contributed by atoms with E-state index in [0.717, 1.165) is 6.26 Å². The van der Waals surface area contributed by atoms with Crippen LogP contribution in [0.2, 0.25) is 0 Å². The van der Waals surface area contributed by atoms with Gasteiger partial charge < -0.3 is 20.1 Å². The van der Waals surface area contributed by atoms with Crippen LogP contribution in [0.4, 0.5) is 0 Å². The van der Waals surface area contributed by atoms with Crippen molar-refractivity contribution in [1.29, 1.82) is 0 Å². The third kappa shape index (κ3) is 4.11. The number of ether oxygens (including phenoxy) is 2. The van der Waals surface area contributed by atoms with Crippen molar-refractivity contribution >= 4 is 21.7 Å². The predicted octanol–water partition coefficient (Wildman–Crippen LogP) is 1.66. The molecule has 0 aliphatic carbocycles. The van der Waals surface area contributed by atoms with Crippen molar-refractivity contribution < 1.29 is 27.5 Å². The van der Waals surface area contributed by atoms with Gasteiger partial charge in [0.15, 0.2) is 11.5 Å². The predicted molar refractivity (Wildman–Crippen MR) is 110 cm³/mol. The number of hydrogen-bond donors (Lipinski definition) is 1. The molecule has 30 heavy (non-hydrogen) atoms. The van der Waals surface area contributed by atoms with Gasteiger partial charge in [0.2, 0.25) is 5.91 Å². The Hall–Kier alpha value is -3.07. The van der Waals surface area contributed by atoms with Crippen molar-refractivity contribution in [3.63, 3.8) is 0 Å². The quantitative estimate of drug-likeness (QED) is 0.680. The fourth-order valence-corrected chi connectivity index (χ4v) is 4.59. The monoisotopic (exact) mass is 431 g/mol. The van der Waals surface area contributed by atoms with Gasteiger partial charge in [0.05, 0.1) is 31.1 Å². The van der Waals surface area contributed by atoms with Gasteiger partial charge in [-0.1, -0.05) is 24.3 Å². The molecular weight excluding hydrogens is 408 g/mol. The summed E-state index contributed by atoms with van der Waals surface area (Å²) < 4.78 is 35.4. The van der Waals surface area contributed by atoms with Crippen LogP contribution in [0.1, 0.15) is 40.5 Å². The number of hydrogen-bond acceptors (Lipinski definition) is 6. The number of nitrogens with two attached hydrogens (primary N) is 1. The van der Waals surface area contributed by atoms with Crippen LogP contribution in [0.15, 0.2) is 36.4 Å². The largest absolute Gasteiger partial charge is 0.493 e. The third-order valence-electron chi connectivity index (χ3n) is 4.85. The van der Waals surface area contributed by atoms with E-state index in [1.165, 1.54) is 12.0 Å². The zero-order chi connectivity index (χ0) is 22.1. The maximum atomic E-state index is 13.2. The maximum Gasteiger partial charge on any atom is 0.256 e. The molecule has 1 radical (unpaired) electrons. The lowest BCUT2D eigenvalue weighted by Gasteiger charge is -2.32. The Balaban J connectivity index is 2.17. The van der Waals surface area contributed by atoms with Crippen LogP contribution < -0.4 is 15.2 Å². The summed E-state index contributed by atoms with van der Waals surface area (Å²) in [4.78, 5) is 26.7. The molecule has 0 bridgehead atoms. The lowest BCUT2D eigenvalue weighted by atomic mass is 10.0. The van der Waals surface area contributed by atoms with Crippen molar-refractivity contribution in [2.24, 2.45) is 5.73 Å². The number of sulfone groups is 1. The molecule has 1 heterocycles. The van der Waals surface area contributed by atoms with E-state index in [1.54, 1.807) is 43.3 Å². The van der Waals surface area contributed by atoms with Crippen molar-refractivity contribution in [3.05, 3.63) is 59.2 Å². The summed E-state index contributed by atoms with van der Waals surface area (Å²) in [5.41, 5.74) is 6.73. The molecule has 0 saturated carbocycles. The maximum absolute atomic E-state index is 13.2. The molecule has 0 saturated heterocycles. The first-order chi connectivity index (χ1) is 14.2. The molecule has 9 heteroatoms. The van der Waals surface area contributed by atoms with Gasteiger partial charge in [-0.05, 0) is 36.2 Å². The minimum atomic E-state index is -3.54. The standard InChI is InChI=1S/C21H23N2O6S/c1-4-29-18-11-13(9-10-17(18)28-2)16(12-30(3,26)27)23-19(20(22)24)14-7-5-6-8-15(14)21(23)25/h5-7,9-11,16,19H,4,12H2,1-3H3,(H2,22,24)/t16-,19?/m1/s1. The molecule has 0 fully saturated rings. The number of methoxy groups -OCH3 is 1. The van der Waals surface area contributed by atoms with E-state index in [1.807, 2.05) is 0 Å². The lowest BCUT2D eigenvalue weighted by Crippen LogP contribution is -2.41. The Bertz CT molecular complexity index is 1080. The number of amides is 2. The summed E-state index contributed by atoms with van der Waals surface area (Å²) in [5, 5.41) is 0. The number of carbonyl (C=O) groups is 2. The van der Waals surface area contributed by atoms with Crippen LogP contribution in [-0.2, 0) is 14.6 Å². The molecule has 159 valence electrons. The van der Waals surface area contributed by atoms with Crippen LogP contribution in [0.3, 0.4) is 0 Å². The molecule has 2 N–H and O–H groups in total. The zero-order valence-electron chi connectivity index (χ0n) is 16.9. The van der Waals surface area contributed by atoms with Gasteiger partial charge in [-0.15, -0.1) is 0 Å². The summed E-state index contributed by atoms with van der Waals surface area (Å²) in [6, 6.07) is 10.5. The van der Waals surface area contributed by atoms with Gasteiger partial charge in [0.1, 0.15) is 15.9 Å². The van der Waals surface area contributed by atoms with Gasteiger partial charge in [0.25, 0.3) is 5.91 Å². The average molecular weight is 431 g/mol. The summed E-state index contributed by atoms with van der Waals surface area (Å²) in [6.45, 7) is 2.17. The van der Waals surface area contributed by atoms with Crippen molar-refractivity contribution in [2.45, 2.75) is 19.0 Å². The minimum Gasteiger partial charge on any atom is -0.493 e. The smallest absolute Gasteiger partial charge is 0.256 e. The summed E-state index contributed by atoms with van der Waals surface area (Å²) >= 11 is 0. The van der Waals surface area contributed by atoms with Crippen LogP contribution in [0.25, 0.3) is 0 Å². The van der Waals surface area contributed by atoms with E-state index in [-0.39, 0.29) is 5.56 Å². The summed E-state index contributed by atoms with van der Waals surface area (Å²) in [7, 11) is -2.05. The topological polar surface area (TPSA) is 116 Å². The molecule has 1 aliphatic heterocycles. The van der Waals surface area contributed by atoms with Crippen molar-refractivity contribution in [1.82, 2.24) is 4.90 Å². The van der Waals surface area contributed by atoms with E-state index >= 15 is 0 Å². The van der Waals surface area contributed by atoms with E-state index in [0.29, 0.717) is 29.2 Å². The third-order valence-corrected chi connectivity index (χ3v) is 5.77. The van der Waals surface area contributed by atoms with Crippen molar-refractivity contribution in [2.75, 3.05) is 25.7 Å². The molecule has 1 unspecified atom stereocenters. The molecule has 8 nitrogen and oxygen atoms in total. The molecule has 0 spiro atoms.